The number of hydrogen-bond acceptors (Lipinski definition) is 4. The summed E-state index contributed by atoms with van der Waals surface area (Å²) in [7, 11) is 1.61. The molecule has 0 bridgehead atoms. The molecule has 2 N–H and O–H groups in total. The van der Waals surface area contributed by atoms with Gasteiger partial charge in [0.1, 0.15) is 12.4 Å². The third-order valence-corrected chi connectivity index (χ3v) is 4.26. The molecule has 0 amide bonds. The Morgan fingerprint density at radius 1 is 1.00 bits per heavy atom. The first-order chi connectivity index (χ1) is 12.6. The van der Waals surface area contributed by atoms with E-state index in [0.717, 1.165) is 43.7 Å². The van der Waals surface area contributed by atoms with Gasteiger partial charge >= 0.3 is 0 Å². The molecule has 0 unspecified atom stereocenters. The summed E-state index contributed by atoms with van der Waals surface area (Å²) in [6, 6.07) is 10.1. The molecule has 0 heterocycles. The van der Waals surface area contributed by atoms with Crippen LogP contribution in [-0.2, 0) is 13.2 Å². The summed E-state index contributed by atoms with van der Waals surface area (Å²) in [6.07, 6.45) is 1.09. The largest absolute Gasteiger partial charge is 0.493 e. The van der Waals surface area contributed by atoms with Crippen LogP contribution < -0.4 is 20.1 Å². The van der Waals surface area contributed by atoms with E-state index in [-0.39, 0.29) is 37.2 Å². The van der Waals surface area contributed by atoms with Crippen LogP contribution in [0.3, 0.4) is 0 Å². The Morgan fingerprint density at radius 3 is 2.43 bits per heavy atom. The molecular formula is C20H28Cl3FN2O2. The molecule has 0 aliphatic heterocycles. The maximum atomic E-state index is 13.1. The van der Waals surface area contributed by atoms with E-state index in [2.05, 4.69) is 17.6 Å². The summed E-state index contributed by atoms with van der Waals surface area (Å²) in [5.41, 5.74) is 1.85. The Balaban J connectivity index is 0.00000364. The van der Waals surface area contributed by atoms with Crippen LogP contribution in [0.4, 0.5) is 4.39 Å². The first-order valence-corrected chi connectivity index (χ1v) is 9.17. The molecule has 0 saturated heterocycles. The summed E-state index contributed by atoms with van der Waals surface area (Å²) in [5.74, 6) is 0.928. The van der Waals surface area contributed by atoms with Crippen LogP contribution in [0, 0.1) is 5.82 Å². The van der Waals surface area contributed by atoms with Crippen LogP contribution in [0.2, 0.25) is 5.02 Å². The zero-order valence-electron chi connectivity index (χ0n) is 16.1. The van der Waals surface area contributed by atoms with Gasteiger partial charge in [0, 0.05) is 12.1 Å². The van der Waals surface area contributed by atoms with Crippen molar-refractivity contribution in [1.82, 2.24) is 10.6 Å². The number of methoxy groups -OCH3 is 1. The van der Waals surface area contributed by atoms with Crippen molar-refractivity contribution in [3.8, 4) is 11.5 Å². The molecule has 2 rings (SSSR count). The third-order valence-electron chi connectivity index (χ3n) is 3.91. The lowest BCUT2D eigenvalue weighted by molar-refractivity contribution is 0.284. The topological polar surface area (TPSA) is 42.5 Å². The molecule has 158 valence electrons. The molecule has 0 spiro atoms. The Hall–Kier alpha value is -1.24. The van der Waals surface area contributed by atoms with E-state index >= 15 is 0 Å². The molecule has 0 radical (unpaired) electrons. The number of hydrogen-bond donors (Lipinski definition) is 2. The van der Waals surface area contributed by atoms with Crippen LogP contribution >= 0.6 is 36.4 Å². The summed E-state index contributed by atoms with van der Waals surface area (Å²) in [6.45, 7) is 6.10. The van der Waals surface area contributed by atoms with Gasteiger partial charge in [0.15, 0.2) is 11.5 Å². The van der Waals surface area contributed by atoms with Gasteiger partial charge in [-0.1, -0.05) is 30.7 Å². The average molecular weight is 454 g/mol. The lowest BCUT2D eigenvalue weighted by Gasteiger charge is -2.13. The van der Waals surface area contributed by atoms with Gasteiger partial charge in [-0.15, -0.1) is 24.8 Å². The van der Waals surface area contributed by atoms with Crippen LogP contribution in [0.5, 0.6) is 11.5 Å². The van der Waals surface area contributed by atoms with E-state index in [1.54, 1.807) is 13.2 Å². The van der Waals surface area contributed by atoms with Gasteiger partial charge in [0.25, 0.3) is 0 Å². The number of ether oxygens (including phenoxy) is 2. The zero-order chi connectivity index (χ0) is 18.8. The first-order valence-electron chi connectivity index (χ1n) is 8.79. The molecule has 28 heavy (non-hydrogen) atoms. The van der Waals surface area contributed by atoms with Crippen molar-refractivity contribution >= 4 is 36.4 Å². The van der Waals surface area contributed by atoms with Gasteiger partial charge in [-0.05, 0) is 55.9 Å². The van der Waals surface area contributed by atoms with Gasteiger partial charge in [0.2, 0.25) is 0 Å². The minimum Gasteiger partial charge on any atom is -0.493 e. The summed E-state index contributed by atoms with van der Waals surface area (Å²) in [5, 5.41) is 7.06. The van der Waals surface area contributed by atoms with E-state index in [1.165, 1.54) is 12.1 Å². The van der Waals surface area contributed by atoms with Gasteiger partial charge in [-0.3, -0.25) is 0 Å². The lowest BCUT2D eigenvalue weighted by atomic mass is 10.2. The molecule has 2 aromatic rings. The molecule has 2 aromatic carbocycles. The van der Waals surface area contributed by atoms with Crippen molar-refractivity contribution in [2.75, 3.05) is 26.7 Å². The highest BCUT2D eigenvalue weighted by Crippen LogP contribution is 2.29. The predicted molar refractivity (Wildman–Crippen MR) is 118 cm³/mol. The number of halogens is 4. The SMILES string of the molecule is CCNCCCNCc1ccc(OCc2ccc(F)cc2Cl)c(OC)c1.Cl.Cl. The van der Waals surface area contributed by atoms with Crippen LogP contribution in [-0.4, -0.2) is 26.7 Å². The van der Waals surface area contributed by atoms with E-state index in [1.807, 2.05) is 18.2 Å². The molecule has 0 aromatic heterocycles. The number of nitrogens with one attached hydrogen (secondary N) is 2. The van der Waals surface area contributed by atoms with Crippen LogP contribution in [0.25, 0.3) is 0 Å². The molecule has 4 nitrogen and oxygen atoms in total. The molecule has 0 fully saturated rings. The minimum absolute atomic E-state index is 0. The molecular weight excluding hydrogens is 426 g/mol. The molecule has 0 aliphatic carbocycles. The van der Waals surface area contributed by atoms with Gasteiger partial charge < -0.3 is 20.1 Å². The van der Waals surface area contributed by atoms with Crippen LogP contribution in [0.1, 0.15) is 24.5 Å². The molecule has 0 aliphatic rings. The highest BCUT2D eigenvalue weighted by atomic mass is 35.5. The summed E-state index contributed by atoms with van der Waals surface area (Å²) >= 11 is 6.03. The monoisotopic (exact) mass is 452 g/mol. The van der Waals surface area contributed by atoms with Crippen molar-refractivity contribution in [3.05, 3.63) is 58.4 Å². The second kappa shape index (κ2) is 14.7. The van der Waals surface area contributed by atoms with E-state index < -0.39 is 0 Å². The molecule has 0 atom stereocenters. The minimum atomic E-state index is -0.362. The smallest absolute Gasteiger partial charge is 0.161 e. The van der Waals surface area contributed by atoms with E-state index in [0.29, 0.717) is 16.5 Å². The number of rotatable bonds is 11. The van der Waals surface area contributed by atoms with Crippen LogP contribution in [0.15, 0.2) is 36.4 Å². The normalized spacial score (nSPS) is 10.0. The maximum absolute atomic E-state index is 13.1. The first kappa shape index (κ1) is 26.8. The van der Waals surface area contributed by atoms with Gasteiger partial charge in [-0.25, -0.2) is 4.39 Å². The highest BCUT2D eigenvalue weighted by Gasteiger charge is 2.08. The van der Waals surface area contributed by atoms with E-state index in [9.17, 15) is 4.39 Å². The zero-order valence-corrected chi connectivity index (χ0v) is 18.5. The average Bonchev–Trinajstić information content (AvgIpc) is 2.64. The van der Waals surface area contributed by atoms with Crippen molar-refractivity contribution in [3.63, 3.8) is 0 Å². The lowest BCUT2D eigenvalue weighted by Crippen LogP contribution is -2.21. The molecule has 0 saturated carbocycles. The predicted octanol–water partition coefficient (Wildman–Crippen LogP) is 5.00. The number of benzene rings is 2. The maximum Gasteiger partial charge on any atom is 0.161 e. The molecule has 8 heteroatoms. The standard InChI is InChI=1S/C20H26ClFN2O2.2ClH/c1-3-23-9-4-10-24-13-15-5-8-19(20(11-15)25-2)26-14-16-6-7-17(22)12-18(16)21;;/h5-8,11-12,23-24H,3-4,9-10,13-14H2,1-2H3;2*1H. The highest BCUT2D eigenvalue weighted by molar-refractivity contribution is 6.31. The second-order valence-electron chi connectivity index (χ2n) is 5.89. The summed E-state index contributed by atoms with van der Waals surface area (Å²) < 4.78 is 24.3. The van der Waals surface area contributed by atoms with Crippen molar-refractivity contribution < 1.29 is 13.9 Å². The van der Waals surface area contributed by atoms with Gasteiger partial charge in [-0.2, -0.15) is 0 Å². The van der Waals surface area contributed by atoms with E-state index in [4.69, 9.17) is 21.1 Å². The Bertz CT molecular complexity index is 705. The fourth-order valence-electron chi connectivity index (χ4n) is 2.48. The Kier molecular flexibility index (Phi) is 14.1. The summed E-state index contributed by atoms with van der Waals surface area (Å²) in [4.78, 5) is 0. The van der Waals surface area contributed by atoms with Crippen molar-refractivity contribution in [2.45, 2.75) is 26.5 Å². The Labute approximate surface area is 184 Å². The van der Waals surface area contributed by atoms with Crippen molar-refractivity contribution in [2.24, 2.45) is 0 Å². The Morgan fingerprint density at radius 2 is 1.75 bits per heavy atom. The fraction of sp³-hybridized carbons (Fsp3) is 0.400. The second-order valence-corrected chi connectivity index (χ2v) is 6.30. The van der Waals surface area contributed by atoms with Gasteiger partial charge in [0.05, 0.1) is 12.1 Å². The third kappa shape index (κ3) is 8.84. The van der Waals surface area contributed by atoms with Crippen molar-refractivity contribution in [1.29, 1.82) is 0 Å². The quantitative estimate of drug-likeness (QED) is 0.470. The fourth-order valence-corrected chi connectivity index (χ4v) is 2.71.